The number of nitrogens with one attached hydrogen (secondary N) is 4. The van der Waals surface area contributed by atoms with Gasteiger partial charge < -0.3 is 54.4 Å². The molecular formula is C101H112N6O15. The zero-order valence-electron chi connectivity index (χ0n) is 73.7. The number of fused-ring (bicyclic) bond motifs is 2. The summed E-state index contributed by atoms with van der Waals surface area (Å²) in [4.78, 5) is 122. The molecule has 0 saturated heterocycles. The minimum absolute atomic E-state index is 0.0599. The summed E-state index contributed by atoms with van der Waals surface area (Å²) in [5, 5.41) is 13.9. The number of anilines is 2. The van der Waals surface area contributed by atoms with Gasteiger partial charge in [0, 0.05) is 75.7 Å². The van der Waals surface area contributed by atoms with Crippen molar-refractivity contribution in [3.8, 4) is 46.0 Å². The van der Waals surface area contributed by atoms with Gasteiger partial charge in [-0.3, -0.25) is 24.0 Å². The Labute approximate surface area is 714 Å². The first-order valence-electron chi connectivity index (χ1n) is 42.2. The molecular weight excluding hydrogens is 1540 g/mol. The van der Waals surface area contributed by atoms with Crippen molar-refractivity contribution in [2.45, 2.75) is 211 Å². The first-order chi connectivity index (χ1) is 57.6. The second-order valence-electron chi connectivity index (χ2n) is 37.1. The summed E-state index contributed by atoms with van der Waals surface area (Å²) in [6.07, 6.45) is 0.423. The van der Waals surface area contributed by atoms with E-state index in [1.54, 1.807) is 123 Å². The van der Waals surface area contributed by atoms with Gasteiger partial charge in [-0.15, -0.1) is 0 Å². The van der Waals surface area contributed by atoms with Crippen LogP contribution in [-0.2, 0) is 44.7 Å². The fourth-order valence-electron chi connectivity index (χ4n) is 15.9. The fraction of sp³-hybridized carbons (Fsp3) is 0.366. The molecule has 122 heavy (non-hydrogen) atoms. The molecule has 0 aliphatic carbocycles. The van der Waals surface area contributed by atoms with E-state index >= 15 is 19.2 Å². The zero-order valence-corrected chi connectivity index (χ0v) is 73.7. The van der Waals surface area contributed by atoms with Gasteiger partial charge in [0.2, 0.25) is 5.91 Å². The van der Waals surface area contributed by atoms with Gasteiger partial charge in [-0.25, -0.2) is 24.2 Å². The van der Waals surface area contributed by atoms with E-state index in [1.165, 1.54) is 9.80 Å². The molecule has 21 nitrogen and oxygen atoms in total. The largest absolute Gasteiger partial charge is 0.457 e. The number of hydrogen-bond donors (Lipinski definition) is 4. The maximum absolute atomic E-state index is 16.8. The van der Waals surface area contributed by atoms with Crippen LogP contribution in [0.4, 0.5) is 25.8 Å². The number of benzene rings is 11. The number of alkyl carbamates (subject to hydrolysis) is 3. The van der Waals surface area contributed by atoms with Crippen molar-refractivity contribution in [2.24, 2.45) is 5.41 Å². The first-order valence-corrected chi connectivity index (χ1v) is 42.2. The Morgan fingerprint density at radius 2 is 0.541 bits per heavy atom. The number of carbonyl (C=O) groups is 8. The maximum atomic E-state index is 16.8. The smallest absolute Gasteiger partial charge is 0.407 e. The standard InChI is InChI=1S/C101H112N6O15/c1-56(2)68-23-21-24-69(57(3)4)89(68)106-91(109)72-51-76(116-64-35-27-60(28-36-64)43-47-102-80(108)55-98(9,10)11)83-84-77(117-65-37-29-61(30-38-65)44-48-103-95(113)120-99(12,13)14)52-74-82-75(94(112)107(93(74)111)90-70(58(5)6)25-22-26-71(90)59(7)8)54-79(119-67-41-33-63(34-42-67)46-50-105-97(115)122-101(18,19)20)86(88(82)84)85-78(53-73(92(106)110)81(72)87(83)85)118-66-39-31-62(32-40-66)45-49-104-96(114)121-100(15,16)17/h21-42,51-54,56-59H,43-50,55H2,1-20H3,(H,102,108)(H,103,113)(H,104,114)(H,105,115). The van der Waals surface area contributed by atoms with Gasteiger partial charge in [-0.05, 0) is 234 Å². The summed E-state index contributed by atoms with van der Waals surface area (Å²) >= 11 is 0. The van der Waals surface area contributed by atoms with Crippen molar-refractivity contribution in [1.29, 1.82) is 0 Å². The quantitative estimate of drug-likeness (QED) is 0.0162. The molecule has 2 aliphatic heterocycles. The van der Waals surface area contributed by atoms with Crippen LogP contribution in [0.25, 0.3) is 43.1 Å². The Kier molecular flexibility index (Phi) is 25.0. The van der Waals surface area contributed by atoms with Crippen molar-refractivity contribution >= 4 is 102 Å². The maximum Gasteiger partial charge on any atom is 0.407 e. The molecule has 0 atom stereocenters. The molecule has 0 saturated carbocycles. The highest BCUT2D eigenvalue weighted by Gasteiger charge is 2.45. The van der Waals surface area contributed by atoms with E-state index in [1.807, 2.05) is 173 Å². The van der Waals surface area contributed by atoms with Gasteiger partial charge in [0.25, 0.3) is 23.6 Å². The van der Waals surface area contributed by atoms with E-state index in [9.17, 15) is 19.2 Å². The zero-order chi connectivity index (χ0) is 87.9. The van der Waals surface area contributed by atoms with Crippen LogP contribution in [0, 0.1) is 5.41 Å². The molecule has 2 aliphatic rings. The van der Waals surface area contributed by atoms with Gasteiger partial charge >= 0.3 is 18.3 Å². The second-order valence-corrected chi connectivity index (χ2v) is 37.1. The summed E-state index contributed by atoms with van der Waals surface area (Å²) in [7, 11) is 0. The van der Waals surface area contributed by atoms with Crippen molar-refractivity contribution in [2.75, 3.05) is 36.0 Å². The number of nitrogens with zero attached hydrogens (tertiary/aromatic N) is 2. The Morgan fingerprint density at radius 1 is 0.311 bits per heavy atom. The summed E-state index contributed by atoms with van der Waals surface area (Å²) in [6.45, 7) is 39.6. The topological polar surface area (TPSA) is 256 Å². The number of para-hydroxylation sites is 2. The first kappa shape index (κ1) is 87.3. The third kappa shape index (κ3) is 19.3. The Morgan fingerprint density at radius 3 is 0.754 bits per heavy atom. The molecule has 0 radical (unpaired) electrons. The molecule has 0 aromatic heterocycles. The normalized spacial score (nSPS) is 13.2. The predicted octanol–water partition coefficient (Wildman–Crippen LogP) is 23.3. The van der Waals surface area contributed by atoms with E-state index in [2.05, 4.69) is 21.3 Å². The van der Waals surface area contributed by atoms with Crippen LogP contribution in [0.1, 0.15) is 255 Å². The van der Waals surface area contributed by atoms with Crippen molar-refractivity contribution in [1.82, 2.24) is 21.3 Å². The van der Waals surface area contributed by atoms with Gasteiger partial charge in [-0.1, -0.05) is 161 Å². The Balaban J connectivity index is 1.14. The lowest BCUT2D eigenvalue weighted by atomic mass is 9.80. The van der Waals surface area contributed by atoms with Crippen LogP contribution < -0.4 is 50.0 Å². The molecule has 2 heterocycles. The molecule has 11 aromatic rings. The van der Waals surface area contributed by atoms with Gasteiger partial charge in [0.1, 0.15) is 62.8 Å². The fourth-order valence-corrected chi connectivity index (χ4v) is 15.9. The van der Waals surface area contributed by atoms with E-state index in [0.29, 0.717) is 105 Å². The third-order valence-corrected chi connectivity index (χ3v) is 21.3. The molecule has 636 valence electrons. The molecule has 13 rings (SSSR count). The SMILES string of the molecule is CC(C)c1cccc(C(C)C)c1N1C(=O)c2cc(Oc3ccc(CCNC(=O)CC(C)(C)C)cc3)c3c4c(Oc5ccc(CCNC(=O)OC(C)(C)C)cc5)cc5c6c(cc(Oc7ccc(CCNC(=O)OC(C)(C)C)cc7)c(c7c(Oc8ccc(CCNC(=O)OC(C)(C)C)cc8)cc(c2c37)C1=O)c64)C(=O)N(c1c(C(C)C)cccc1C(C)C)C5=O. The molecule has 21 heteroatoms. The monoisotopic (exact) mass is 1650 g/mol. The lowest BCUT2D eigenvalue weighted by molar-refractivity contribution is -0.122. The summed E-state index contributed by atoms with van der Waals surface area (Å²) in [5.41, 5.74) is 5.38. The van der Waals surface area contributed by atoms with E-state index in [-0.39, 0.29) is 111 Å². The number of ether oxygens (including phenoxy) is 7. The van der Waals surface area contributed by atoms with Crippen molar-refractivity contribution < 1.29 is 71.5 Å². The highest BCUT2D eigenvalue weighted by molar-refractivity contribution is 6.48. The predicted molar refractivity (Wildman–Crippen MR) is 480 cm³/mol. The van der Waals surface area contributed by atoms with E-state index in [4.69, 9.17) is 33.2 Å². The molecule has 0 fully saturated rings. The van der Waals surface area contributed by atoms with Gasteiger partial charge in [0.15, 0.2) is 0 Å². The van der Waals surface area contributed by atoms with Crippen LogP contribution in [0.5, 0.6) is 46.0 Å². The molecule has 8 amide bonds. The Bertz CT molecular complexity index is 5180. The molecule has 11 aromatic carbocycles. The van der Waals surface area contributed by atoms with Crippen LogP contribution in [-0.4, -0.2) is 90.8 Å². The summed E-state index contributed by atoms with van der Waals surface area (Å²) in [6, 6.07) is 47.8. The second kappa shape index (κ2) is 34.9. The molecule has 0 unspecified atom stereocenters. The van der Waals surface area contributed by atoms with Crippen LogP contribution in [0.3, 0.4) is 0 Å². The summed E-state index contributed by atoms with van der Waals surface area (Å²) in [5.74, 6) is -1.62. The average molecular weight is 1650 g/mol. The molecule has 0 spiro atoms. The number of amides is 8. The minimum Gasteiger partial charge on any atom is -0.457 e. The highest BCUT2D eigenvalue weighted by Crippen LogP contribution is 2.59. The van der Waals surface area contributed by atoms with Gasteiger partial charge in [0.05, 0.1) is 33.6 Å². The lowest BCUT2D eigenvalue weighted by Gasteiger charge is -2.35. The van der Waals surface area contributed by atoms with Gasteiger partial charge in [-0.2, -0.15) is 0 Å². The van der Waals surface area contributed by atoms with Crippen molar-refractivity contribution in [3.63, 3.8) is 0 Å². The van der Waals surface area contributed by atoms with Crippen molar-refractivity contribution in [3.05, 3.63) is 224 Å². The molecule has 4 N–H and O–H groups in total. The molecule has 0 bridgehead atoms. The van der Waals surface area contributed by atoms with E-state index < -0.39 is 58.7 Å². The third-order valence-electron chi connectivity index (χ3n) is 21.3. The highest BCUT2D eigenvalue weighted by atomic mass is 16.6. The number of carbonyl (C=O) groups excluding carboxylic acids is 8. The minimum atomic E-state index is -0.713. The number of hydrogen-bond acceptors (Lipinski definition) is 15. The average Bonchev–Trinajstić information content (AvgIpc) is 0.668. The van der Waals surface area contributed by atoms with Crippen LogP contribution in [0.2, 0.25) is 0 Å². The van der Waals surface area contributed by atoms with Crippen LogP contribution >= 0.6 is 0 Å². The number of rotatable bonds is 27. The number of imide groups is 2. The summed E-state index contributed by atoms with van der Waals surface area (Å²) < 4.78 is 46.5. The Hall–Kier alpha value is -12.5. The van der Waals surface area contributed by atoms with E-state index in [0.717, 1.165) is 44.5 Å². The van der Waals surface area contributed by atoms with Crippen LogP contribution in [0.15, 0.2) is 158 Å². The lowest BCUT2D eigenvalue weighted by Crippen LogP contribution is -2.42.